The van der Waals surface area contributed by atoms with Crippen molar-refractivity contribution in [1.82, 2.24) is 4.98 Å². The fraction of sp³-hybridized carbons (Fsp3) is 0.500. The van der Waals surface area contributed by atoms with Crippen LogP contribution < -0.4 is 5.32 Å². The fourth-order valence-electron chi connectivity index (χ4n) is 1.00. The number of nitrogens with one attached hydrogen (secondary N) is 1. The van der Waals surface area contributed by atoms with Gasteiger partial charge in [0.1, 0.15) is 5.15 Å². The molecule has 0 radical (unpaired) electrons. The molecular weight excluding hydrogens is 200 g/mol. The van der Waals surface area contributed by atoms with Crippen LogP contribution in [-0.2, 0) is 4.74 Å². The summed E-state index contributed by atoms with van der Waals surface area (Å²) in [4.78, 5) is 3.89. The summed E-state index contributed by atoms with van der Waals surface area (Å²) in [5, 5.41) is 3.69. The lowest BCUT2D eigenvalue weighted by Gasteiger charge is -2.09. The third-order valence-electron chi connectivity index (χ3n) is 1.61. The molecule has 1 rings (SSSR count). The molecule has 0 spiro atoms. The van der Waals surface area contributed by atoms with Gasteiger partial charge >= 0.3 is 0 Å². The molecular formula is C10H15ClN2O. The maximum Gasteiger partial charge on any atom is 0.131 e. The number of pyridine rings is 1. The lowest BCUT2D eigenvalue weighted by molar-refractivity contribution is 0.0870. The van der Waals surface area contributed by atoms with Gasteiger partial charge in [0.15, 0.2) is 0 Å². The molecule has 0 aromatic carbocycles. The Labute approximate surface area is 89.4 Å². The van der Waals surface area contributed by atoms with Crippen LogP contribution in [0.2, 0.25) is 5.15 Å². The Balaban J connectivity index is 2.25. The molecule has 0 aliphatic carbocycles. The van der Waals surface area contributed by atoms with E-state index in [0.29, 0.717) is 11.8 Å². The molecule has 78 valence electrons. The number of nitrogens with zero attached hydrogens (tertiary/aromatic N) is 1. The quantitative estimate of drug-likeness (QED) is 0.604. The Bertz CT molecular complexity index is 279. The molecule has 3 nitrogen and oxygen atoms in total. The van der Waals surface area contributed by atoms with Gasteiger partial charge in [-0.2, -0.15) is 0 Å². The van der Waals surface area contributed by atoms with E-state index in [9.17, 15) is 0 Å². The molecule has 0 aliphatic rings. The van der Waals surface area contributed by atoms with Gasteiger partial charge in [0.25, 0.3) is 0 Å². The van der Waals surface area contributed by atoms with Crippen molar-refractivity contribution in [2.24, 2.45) is 0 Å². The smallest absolute Gasteiger partial charge is 0.131 e. The van der Waals surface area contributed by atoms with E-state index in [0.717, 1.165) is 12.2 Å². The van der Waals surface area contributed by atoms with Gasteiger partial charge in [0, 0.05) is 18.4 Å². The molecule has 1 aromatic rings. The lowest BCUT2D eigenvalue weighted by Crippen LogP contribution is -2.13. The van der Waals surface area contributed by atoms with Crippen molar-refractivity contribution in [3.05, 3.63) is 23.5 Å². The van der Waals surface area contributed by atoms with Crippen LogP contribution in [0.1, 0.15) is 13.8 Å². The second kappa shape index (κ2) is 5.83. The predicted molar refractivity (Wildman–Crippen MR) is 58.8 cm³/mol. The van der Waals surface area contributed by atoms with Crippen molar-refractivity contribution in [2.45, 2.75) is 20.0 Å². The molecule has 4 heteroatoms. The van der Waals surface area contributed by atoms with Gasteiger partial charge in [0.2, 0.25) is 0 Å². The van der Waals surface area contributed by atoms with E-state index in [-0.39, 0.29) is 6.10 Å². The summed E-state index contributed by atoms with van der Waals surface area (Å²) in [6.07, 6.45) is 1.95. The van der Waals surface area contributed by atoms with Gasteiger partial charge in [-0.15, -0.1) is 0 Å². The van der Waals surface area contributed by atoms with Crippen molar-refractivity contribution in [1.29, 1.82) is 0 Å². The van der Waals surface area contributed by atoms with Crippen molar-refractivity contribution in [2.75, 3.05) is 18.5 Å². The summed E-state index contributed by atoms with van der Waals surface area (Å²) in [5.41, 5.74) is 0.970. The van der Waals surface area contributed by atoms with Crippen LogP contribution in [-0.4, -0.2) is 24.2 Å². The first kappa shape index (κ1) is 11.3. The zero-order valence-corrected chi connectivity index (χ0v) is 9.21. The fourth-order valence-corrected chi connectivity index (χ4v) is 1.18. The zero-order valence-electron chi connectivity index (χ0n) is 8.46. The van der Waals surface area contributed by atoms with E-state index >= 15 is 0 Å². The Morgan fingerprint density at radius 1 is 1.57 bits per heavy atom. The molecule has 1 N–H and O–H groups in total. The predicted octanol–water partition coefficient (Wildman–Crippen LogP) is 2.57. The van der Waals surface area contributed by atoms with Gasteiger partial charge in [-0.05, 0) is 26.0 Å². The van der Waals surface area contributed by atoms with Crippen LogP contribution in [0.15, 0.2) is 18.3 Å². The van der Waals surface area contributed by atoms with Crippen LogP contribution in [0.5, 0.6) is 0 Å². The third kappa shape index (κ3) is 4.44. The van der Waals surface area contributed by atoms with Crippen molar-refractivity contribution >= 4 is 17.3 Å². The average Bonchev–Trinajstić information content (AvgIpc) is 2.12. The molecule has 14 heavy (non-hydrogen) atoms. The minimum Gasteiger partial charge on any atom is -0.383 e. The summed E-state index contributed by atoms with van der Waals surface area (Å²) in [6.45, 7) is 5.50. The molecule has 0 unspecified atom stereocenters. The lowest BCUT2D eigenvalue weighted by atomic mass is 10.4. The minimum absolute atomic E-state index is 0.276. The Hall–Kier alpha value is -0.800. The van der Waals surface area contributed by atoms with Crippen LogP contribution in [0.25, 0.3) is 0 Å². The highest BCUT2D eigenvalue weighted by Gasteiger charge is 1.95. The SMILES string of the molecule is CC(C)OCCNc1ccnc(Cl)c1. The first-order valence-electron chi connectivity index (χ1n) is 4.65. The van der Waals surface area contributed by atoms with Crippen molar-refractivity contribution in [3.8, 4) is 0 Å². The highest BCUT2D eigenvalue weighted by Crippen LogP contribution is 2.11. The number of rotatable bonds is 5. The van der Waals surface area contributed by atoms with Crippen molar-refractivity contribution in [3.63, 3.8) is 0 Å². The van der Waals surface area contributed by atoms with E-state index in [4.69, 9.17) is 16.3 Å². The maximum absolute atomic E-state index is 5.73. The highest BCUT2D eigenvalue weighted by molar-refractivity contribution is 6.29. The van der Waals surface area contributed by atoms with Gasteiger partial charge in [-0.25, -0.2) is 4.98 Å². The number of hydrogen-bond donors (Lipinski definition) is 1. The van der Waals surface area contributed by atoms with Crippen molar-refractivity contribution < 1.29 is 4.74 Å². The first-order valence-corrected chi connectivity index (χ1v) is 5.03. The topological polar surface area (TPSA) is 34.1 Å². The van der Waals surface area contributed by atoms with Gasteiger partial charge < -0.3 is 10.1 Å². The molecule has 0 atom stereocenters. The van der Waals surface area contributed by atoms with Gasteiger partial charge in [-0.3, -0.25) is 0 Å². The standard InChI is InChI=1S/C10H15ClN2O/c1-8(2)14-6-5-12-9-3-4-13-10(11)7-9/h3-4,7-8H,5-6H2,1-2H3,(H,12,13). The average molecular weight is 215 g/mol. The number of aromatic nitrogens is 1. The van der Waals surface area contributed by atoms with Crippen LogP contribution in [0.3, 0.4) is 0 Å². The van der Waals surface area contributed by atoms with E-state index < -0.39 is 0 Å². The van der Waals surface area contributed by atoms with Crippen LogP contribution >= 0.6 is 11.6 Å². The van der Waals surface area contributed by atoms with E-state index in [1.165, 1.54) is 0 Å². The summed E-state index contributed by atoms with van der Waals surface area (Å²) < 4.78 is 5.38. The number of halogens is 1. The second-order valence-electron chi connectivity index (χ2n) is 3.21. The molecule has 1 heterocycles. The zero-order chi connectivity index (χ0) is 10.4. The van der Waals surface area contributed by atoms with Crippen LogP contribution in [0, 0.1) is 0 Å². The maximum atomic E-state index is 5.73. The summed E-state index contributed by atoms with van der Waals surface area (Å²) in [6, 6.07) is 3.66. The minimum atomic E-state index is 0.276. The highest BCUT2D eigenvalue weighted by atomic mass is 35.5. The first-order chi connectivity index (χ1) is 6.68. The largest absolute Gasteiger partial charge is 0.383 e. The summed E-state index contributed by atoms with van der Waals surface area (Å²) in [7, 11) is 0. The van der Waals surface area contributed by atoms with E-state index in [1.54, 1.807) is 12.3 Å². The molecule has 0 saturated carbocycles. The molecule has 0 fully saturated rings. The molecule has 1 aromatic heterocycles. The van der Waals surface area contributed by atoms with Gasteiger partial charge in [0.05, 0.1) is 12.7 Å². The monoisotopic (exact) mass is 214 g/mol. The van der Waals surface area contributed by atoms with Crippen LogP contribution in [0.4, 0.5) is 5.69 Å². The molecule has 0 aliphatic heterocycles. The number of hydrogen-bond acceptors (Lipinski definition) is 3. The second-order valence-corrected chi connectivity index (χ2v) is 3.60. The Morgan fingerprint density at radius 3 is 3.00 bits per heavy atom. The number of anilines is 1. The normalized spacial score (nSPS) is 10.6. The van der Waals surface area contributed by atoms with E-state index in [2.05, 4.69) is 10.3 Å². The molecule has 0 amide bonds. The molecule has 0 saturated heterocycles. The molecule has 0 bridgehead atoms. The Kier molecular flexibility index (Phi) is 4.70. The number of ether oxygens (including phenoxy) is 1. The van der Waals surface area contributed by atoms with Gasteiger partial charge in [-0.1, -0.05) is 11.6 Å². The van der Waals surface area contributed by atoms with E-state index in [1.807, 2.05) is 19.9 Å². The summed E-state index contributed by atoms with van der Waals surface area (Å²) >= 11 is 5.73. The summed E-state index contributed by atoms with van der Waals surface area (Å²) in [5.74, 6) is 0. The third-order valence-corrected chi connectivity index (χ3v) is 1.82. The Morgan fingerprint density at radius 2 is 2.36 bits per heavy atom.